The molecular weight excluding hydrogens is 252 g/mol. The Kier molecular flexibility index (Phi) is 5.58. The van der Waals surface area contributed by atoms with Gasteiger partial charge in [-0.05, 0) is 18.4 Å². The van der Waals surface area contributed by atoms with E-state index in [-0.39, 0.29) is 0 Å². The largest absolute Gasteiger partial charge is 0.384 e. The fraction of sp³-hybridized carbons (Fsp3) is 0.286. The normalized spacial score (nSPS) is 9.80. The average molecular weight is 272 g/mol. The van der Waals surface area contributed by atoms with E-state index in [0.717, 1.165) is 17.0 Å². The van der Waals surface area contributed by atoms with Gasteiger partial charge in [0.2, 0.25) is 0 Å². The molecule has 0 radical (unpaired) electrons. The minimum absolute atomic E-state index is 0.422. The quantitative estimate of drug-likeness (QED) is 0.869. The summed E-state index contributed by atoms with van der Waals surface area (Å²) in [5.74, 6) is 1.44. The summed E-state index contributed by atoms with van der Waals surface area (Å²) in [7, 11) is 0. The Labute approximate surface area is 119 Å². The van der Waals surface area contributed by atoms with Gasteiger partial charge in [-0.2, -0.15) is 0 Å². The van der Waals surface area contributed by atoms with Gasteiger partial charge >= 0.3 is 0 Å². The molecule has 20 heavy (non-hydrogen) atoms. The molecule has 6 nitrogen and oxygen atoms in total. The molecule has 0 aromatic carbocycles. The molecule has 0 fully saturated rings. The van der Waals surface area contributed by atoms with Crippen LogP contribution in [0.5, 0.6) is 0 Å². The Bertz CT molecular complexity index is 579. The maximum Gasteiger partial charge on any atom is 0.127 e. The van der Waals surface area contributed by atoms with Crippen LogP contribution in [-0.4, -0.2) is 19.9 Å². The molecule has 2 aromatic heterocycles. The highest BCUT2D eigenvalue weighted by Crippen LogP contribution is 2.11. The topological polar surface area (TPSA) is 104 Å². The van der Waals surface area contributed by atoms with E-state index in [1.807, 2.05) is 6.92 Å². The number of nitrogens with zero attached hydrogens (tertiary/aromatic N) is 4. The molecule has 0 aliphatic rings. The van der Waals surface area contributed by atoms with E-state index in [0.29, 0.717) is 17.6 Å². The Hall–Kier alpha value is -2.50. The van der Waals surface area contributed by atoms with Gasteiger partial charge < -0.3 is 11.5 Å². The molecule has 0 unspecified atom stereocenters. The van der Waals surface area contributed by atoms with Crippen molar-refractivity contribution < 1.29 is 0 Å². The maximum absolute atomic E-state index is 5.45. The molecule has 6 heteroatoms. The van der Waals surface area contributed by atoms with Crippen molar-refractivity contribution in [3.8, 4) is 0 Å². The molecule has 0 bridgehead atoms. The van der Waals surface area contributed by atoms with Crippen LogP contribution in [0.3, 0.4) is 0 Å². The van der Waals surface area contributed by atoms with Gasteiger partial charge in [0.1, 0.15) is 24.3 Å². The summed E-state index contributed by atoms with van der Waals surface area (Å²) in [5.41, 5.74) is 13.5. The summed E-state index contributed by atoms with van der Waals surface area (Å²) in [5, 5.41) is 0. The van der Waals surface area contributed by atoms with Crippen molar-refractivity contribution >= 4 is 17.2 Å². The monoisotopic (exact) mass is 272 g/mol. The molecule has 0 aliphatic heterocycles. The minimum Gasteiger partial charge on any atom is -0.384 e. The van der Waals surface area contributed by atoms with E-state index in [4.69, 9.17) is 11.5 Å². The van der Waals surface area contributed by atoms with Gasteiger partial charge in [-0.15, -0.1) is 0 Å². The third-order valence-corrected chi connectivity index (χ3v) is 2.43. The maximum atomic E-state index is 5.45. The van der Waals surface area contributed by atoms with Crippen molar-refractivity contribution in [1.82, 2.24) is 19.9 Å². The lowest BCUT2D eigenvalue weighted by Gasteiger charge is -2.02. The number of nitrogens with two attached hydrogens (primary N) is 2. The number of anilines is 2. The van der Waals surface area contributed by atoms with Crippen LogP contribution in [0, 0.1) is 0 Å². The third kappa shape index (κ3) is 5.01. The number of allylic oxidation sites excluding steroid dienone is 1. The molecule has 106 valence electrons. The highest BCUT2D eigenvalue weighted by atomic mass is 14.9. The first-order chi connectivity index (χ1) is 9.40. The number of aromatic nitrogens is 4. The zero-order valence-corrected chi connectivity index (χ0v) is 12.0. The van der Waals surface area contributed by atoms with E-state index in [1.165, 1.54) is 12.7 Å². The van der Waals surface area contributed by atoms with Crippen molar-refractivity contribution in [2.45, 2.75) is 26.7 Å². The van der Waals surface area contributed by atoms with E-state index in [2.05, 4.69) is 40.4 Å². The van der Waals surface area contributed by atoms with Gasteiger partial charge in [-0.25, -0.2) is 19.9 Å². The number of nitrogen functional groups attached to an aromatic ring is 2. The summed E-state index contributed by atoms with van der Waals surface area (Å²) in [4.78, 5) is 15.5. The fourth-order valence-electron chi connectivity index (χ4n) is 1.31. The number of hydrogen-bond acceptors (Lipinski definition) is 6. The molecule has 2 aromatic rings. The number of hydrogen-bond donors (Lipinski definition) is 2. The predicted octanol–water partition coefficient (Wildman–Crippen LogP) is 2.27. The van der Waals surface area contributed by atoms with Crippen LogP contribution in [-0.2, 0) is 0 Å². The average Bonchev–Trinajstić information content (AvgIpc) is 2.39. The van der Waals surface area contributed by atoms with E-state index in [1.54, 1.807) is 12.1 Å². The lowest BCUT2D eigenvalue weighted by Crippen LogP contribution is -1.96. The first kappa shape index (κ1) is 15.6. The Morgan fingerprint density at radius 3 is 1.90 bits per heavy atom. The van der Waals surface area contributed by atoms with Crippen LogP contribution in [0.2, 0.25) is 0 Å². The minimum atomic E-state index is 0.422. The van der Waals surface area contributed by atoms with Crippen LogP contribution in [0.15, 0.2) is 31.4 Å². The number of rotatable bonds is 2. The molecule has 0 atom stereocenters. The van der Waals surface area contributed by atoms with Gasteiger partial charge in [0.05, 0.1) is 5.69 Å². The summed E-state index contributed by atoms with van der Waals surface area (Å²) in [6.45, 7) is 9.74. The van der Waals surface area contributed by atoms with Crippen LogP contribution < -0.4 is 11.5 Å². The summed E-state index contributed by atoms with van der Waals surface area (Å²) >= 11 is 0. The van der Waals surface area contributed by atoms with Crippen LogP contribution in [0.1, 0.15) is 38.1 Å². The Morgan fingerprint density at radius 2 is 1.55 bits per heavy atom. The van der Waals surface area contributed by atoms with Crippen LogP contribution in [0.4, 0.5) is 11.6 Å². The summed E-state index contributed by atoms with van der Waals surface area (Å²) in [6.07, 6.45) is 2.92. The third-order valence-electron chi connectivity index (χ3n) is 2.43. The highest BCUT2D eigenvalue weighted by Gasteiger charge is 1.99. The standard InChI is InChI=1S/C7H11N3.C7H9N3/c2*1-5(2)6-3-7(8)10-4-9-6/h3-5H,1-2H3,(H2,8,9,10);3-4H,1H2,2H3,(H2,8,9,10). The Morgan fingerprint density at radius 1 is 1.00 bits per heavy atom. The van der Waals surface area contributed by atoms with Crippen molar-refractivity contribution in [2.75, 3.05) is 11.5 Å². The molecule has 0 aliphatic carbocycles. The van der Waals surface area contributed by atoms with E-state index in [9.17, 15) is 0 Å². The molecule has 0 amide bonds. The fourth-order valence-corrected chi connectivity index (χ4v) is 1.31. The van der Waals surface area contributed by atoms with Gasteiger partial charge in [0.15, 0.2) is 0 Å². The predicted molar refractivity (Wildman–Crippen MR) is 81.7 cm³/mol. The molecule has 2 heterocycles. The zero-order chi connectivity index (χ0) is 15.1. The van der Waals surface area contributed by atoms with Gasteiger partial charge in [0.25, 0.3) is 0 Å². The highest BCUT2D eigenvalue weighted by molar-refractivity contribution is 5.59. The second-order valence-electron chi connectivity index (χ2n) is 4.63. The second-order valence-corrected chi connectivity index (χ2v) is 4.63. The van der Waals surface area contributed by atoms with E-state index < -0.39 is 0 Å². The second kappa shape index (κ2) is 7.18. The van der Waals surface area contributed by atoms with Crippen molar-refractivity contribution in [3.63, 3.8) is 0 Å². The van der Waals surface area contributed by atoms with Gasteiger partial charge in [-0.1, -0.05) is 20.4 Å². The smallest absolute Gasteiger partial charge is 0.127 e. The van der Waals surface area contributed by atoms with Gasteiger partial charge in [0, 0.05) is 17.8 Å². The van der Waals surface area contributed by atoms with Crippen molar-refractivity contribution in [1.29, 1.82) is 0 Å². The van der Waals surface area contributed by atoms with Gasteiger partial charge in [-0.3, -0.25) is 0 Å². The summed E-state index contributed by atoms with van der Waals surface area (Å²) in [6, 6.07) is 3.49. The molecule has 0 spiro atoms. The lowest BCUT2D eigenvalue weighted by molar-refractivity contribution is 0.815. The van der Waals surface area contributed by atoms with E-state index >= 15 is 0 Å². The van der Waals surface area contributed by atoms with Crippen LogP contribution in [0.25, 0.3) is 5.57 Å². The van der Waals surface area contributed by atoms with Crippen molar-refractivity contribution in [2.24, 2.45) is 0 Å². The lowest BCUT2D eigenvalue weighted by atomic mass is 10.1. The summed E-state index contributed by atoms with van der Waals surface area (Å²) < 4.78 is 0. The zero-order valence-electron chi connectivity index (χ0n) is 12.0. The first-order valence-corrected chi connectivity index (χ1v) is 6.21. The van der Waals surface area contributed by atoms with Crippen LogP contribution >= 0.6 is 0 Å². The Balaban J connectivity index is 0.000000200. The molecular formula is C14H20N6. The SMILES string of the molecule is C=C(C)c1cc(N)ncn1.CC(C)c1cc(N)ncn1. The molecule has 0 saturated carbocycles. The molecule has 4 N–H and O–H groups in total. The molecule has 0 saturated heterocycles. The first-order valence-electron chi connectivity index (χ1n) is 6.21. The van der Waals surface area contributed by atoms with Crippen molar-refractivity contribution in [3.05, 3.63) is 42.8 Å². The molecule has 2 rings (SSSR count).